The van der Waals surface area contributed by atoms with Crippen LogP contribution in [0, 0.1) is 0 Å². The first-order valence-electron chi connectivity index (χ1n) is 10.9. The lowest BCUT2D eigenvalue weighted by molar-refractivity contribution is -0.137. The molecule has 9 nitrogen and oxygen atoms in total. The van der Waals surface area contributed by atoms with Crippen LogP contribution in [0.1, 0.15) is 65.8 Å². The van der Waals surface area contributed by atoms with Crippen molar-refractivity contribution in [2.24, 2.45) is 0 Å². The maximum absolute atomic E-state index is 12.8. The quantitative estimate of drug-likeness (QED) is 0.383. The molecule has 1 aromatic carbocycles. The maximum atomic E-state index is 12.8. The molecule has 0 spiro atoms. The number of ether oxygens (including phenoxy) is 2. The molecule has 3 aromatic rings. The summed E-state index contributed by atoms with van der Waals surface area (Å²) in [5, 5.41) is 1.88. The molecule has 2 amide bonds. The molecule has 1 aliphatic rings. The van der Waals surface area contributed by atoms with Gasteiger partial charge in [0, 0.05) is 5.38 Å². The van der Waals surface area contributed by atoms with Gasteiger partial charge in [-0.05, 0) is 45.4 Å². The Hall–Kier alpha value is -3.92. The number of hydrogen-bond donors (Lipinski definition) is 0. The molecule has 1 atom stereocenters. The standard InChI is InChI=1S/C25H23N3O6S/c1-14-20-16(22(30)28(14)24(32)34-25(2,3)4)10-11-17(26-20)21-27-18(13-35-21)23(31)33-19(29)12-15-8-6-5-7-9-15/h5-11,13-14H,12H2,1-4H3. The van der Waals surface area contributed by atoms with E-state index in [0.29, 0.717) is 22.0 Å². The van der Waals surface area contributed by atoms with Crippen LogP contribution in [-0.4, -0.2) is 44.4 Å². The first-order valence-corrected chi connectivity index (χ1v) is 11.7. The second kappa shape index (κ2) is 9.38. The van der Waals surface area contributed by atoms with Gasteiger partial charge in [0.05, 0.1) is 29.4 Å². The predicted octanol–water partition coefficient (Wildman–Crippen LogP) is 4.58. The van der Waals surface area contributed by atoms with Crippen LogP contribution in [0.2, 0.25) is 0 Å². The number of pyridine rings is 1. The van der Waals surface area contributed by atoms with Crippen LogP contribution in [0.25, 0.3) is 10.7 Å². The minimum Gasteiger partial charge on any atom is -0.443 e. The van der Waals surface area contributed by atoms with Gasteiger partial charge in [-0.2, -0.15) is 0 Å². The summed E-state index contributed by atoms with van der Waals surface area (Å²) >= 11 is 1.15. The minimum atomic E-state index is -0.853. The number of hydrogen-bond acceptors (Lipinski definition) is 9. The number of esters is 2. The molecule has 35 heavy (non-hydrogen) atoms. The normalized spacial score (nSPS) is 15.0. The highest BCUT2D eigenvalue weighted by Crippen LogP contribution is 2.35. The van der Waals surface area contributed by atoms with E-state index in [1.807, 2.05) is 6.07 Å². The summed E-state index contributed by atoms with van der Waals surface area (Å²) < 4.78 is 10.3. The molecule has 0 N–H and O–H groups in total. The van der Waals surface area contributed by atoms with Gasteiger partial charge in [-0.15, -0.1) is 11.3 Å². The smallest absolute Gasteiger partial charge is 0.417 e. The molecular weight excluding hydrogens is 470 g/mol. The summed E-state index contributed by atoms with van der Waals surface area (Å²) in [5.41, 5.74) is 1.10. The molecule has 0 saturated heterocycles. The Labute approximate surface area is 205 Å². The Morgan fingerprint density at radius 1 is 1.06 bits per heavy atom. The zero-order chi connectivity index (χ0) is 25.3. The average Bonchev–Trinajstić information content (AvgIpc) is 3.37. The van der Waals surface area contributed by atoms with Gasteiger partial charge >= 0.3 is 18.0 Å². The SMILES string of the molecule is CC1c2nc(-c3nc(C(=O)OC(=O)Cc4ccccc4)cs3)ccc2C(=O)N1C(=O)OC(C)(C)C. The van der Waals surface area contributed by atoms with Gasteiger partial charge < -0.3 is 9.47 Å². The van der Waals surface area contributed by atoms with E-state index >= 15 is 0 Å². The lowest BCUT2D eigenvalue weighted by Gasteiger charge is -2.25. The topological polar surface area (TPSA) is 116 Å². The molecular formula is C25H23N3O6S. The van der Waals surface area contributed by atoms with Crippen molar-refractivity contribution in [3.8, 4) is 10.7 Å². The molecule has 0 saturated carbocycles. The van der Waals surface area contributed by atoms with Crippen LogP contribution in [0.5, 0.6) is 0 Å². The number of thiazole rings is 1. The minimum absolute atomic E-state index is 0.0202. The zero-order valence-electron chi connectivity index (χ0n) is 19.6. The summed E-state index contributed by atoms with van der Waals surface area (Å²) in [4.78, 5) is 59.6. The number of fused-ring (bicyclic) bond motifs is 1. The second-order valence-electron chi connectivity index (χ2n) is 8.92. The van der Waals surface area contributed by atoms with Crippen molar-refractivity contribution in [3.63, 3.8) is 0 Å². The lowest BCUT2D eigenvalue weighted by atomic mass is 10.1. The number of benzene rings is 1. The first-order chi connectivity index (χ1) is 16.5. The molecule has 0 radical (unpaired) electrons. The van der Waals surface area contributed by atoms with Gasteiger partial charge in [-0.25, -0.2) is 24.5 Å². The van der Waals surface area contributed by atoms with Gasteiger partial charge in [-0.3, -0.25) is 9.59 Å². The zero-order valence-corrected chi connectivity index (χ0v) is 20.4. The van der Waals surface area contributed by atoms with Crippen LogP contribution in [-0.2, 0) is 20.7 Å². The van der Waals surface area contributed by atoms with Gasteiger partial charge in [0.1, 0.15) is 10.6 Å². The maximum Gasteiger partial charge on any atom is 0.417 e. The molecule has 0 aliphatic carbocycles. The summed E-state index contributed by atoms with van der Waals surface area (Å²) in [6.07, 6.45) is -0.773. The lowest BCUT2D eigenvalue weighted by Crippen LogP contribution is -2.38. The number of imide groups is 1. The number of carbonyl (C=O) groups is 4. The monoisotopic (exact) mass is 493 g/mol. The highest BCUT2D eigenvalue weighted by atomic mass is 32.1. The van der Waals surface area contributed by atoms with Crippen molar-refractivity contribution in [1.82, 2.24) is 14.9 Å². The van der Waals surface area contributed by atoms with Gasteiger partial charge in [-0.1, -0.05) is 30.3 Å². The van der Waals surface area contributed by atoms with Crippen molar-refractivity contribution >= 4 is 35.3 Å². The summed E-state index contributed by atoms with van der Waals surface area (Å²) in [7, 11) is 0. The fourth-order valence-electron chi connectivity index (χ4n) is 3.51. The Balaban J connectivity index is 1.48. The Bertz CT molecular complexity index is 1310. The van der Waals surface area contributed by atoms with E-state index in [1.54, 1.807) is 64.1 Å². The fraction of sp³-hybridized carbons (Fsp3) is 0.280. The molecule has 1 aliphatic heterocycles. The van der Waals surface area contributed by atoms with Crippen LogP contribution in [0.4, 0.5) is 4.79 Å². The van der Waals surface area contributed by atoms with E-state index < -0.39 is 35.6 Å². The number of nitrogens with zero attached hydrogens (tertiary/aromatic N) is 3. The van der Waals surface area contributed by atoms with E-state index in [1.165, 1.54) is 5.38 Å². The Morgan fingerprint density at radius 2 is 1.77 bits per heavy atom. The highest BCUT2D eigenvalue weighted by molar-refractivity contribution is 7.13. The van der Waals surface area contributed by atoms with Crippen molar-refractivity contribution < 1.29 is 28.7 Å². The van der Waals surface area contributed by atoms with Crippen molar-refractivity contribution in [2.75, 3.05) is 0 Å². The molecule has 3 heterocycles. The Morgan fingerprint density at radius 3 is 2.46 bits per heavy atom. The van der Waals surface area contributed by atoms with Crippen LogP contribution in [0.3, 0.4) is 0 Å². The number of aromatic nitrogens is 2. The molecule has 1 unspecified atom stereocenters. The van der Waals surface area contributed by atoms with Crippen LogP contribution in [0.15, 0.2) is 47.8 Å². The third-order valence-corrected chi connectivity index (χ3v) is 5.94. The molecule has 2 aromatic heterocycles. The van der Waals surface area contributed by atoms with E-state index in [0.717, 1.165) is 21.8 Å². The molecule has 0 bridgehead atoms. The van der Waals surface area contributed by atoms with E-state index in [-0.39, 0.29) is 12.1 Å². The van der Waals surface area contributed by atoms with Gasteiger partial charge in [0.25, 0.3) is 5.91 Å². The highest BCUT2D eigenvalue weighted by Gasteiger charge is 2.41. The molecule has 4 rings (SSSR count). The van der Waals surface area contributed by atoms with E-state index in [9.17, 15) is 19.2 Å². The Kier molecular flexibility index (Phi) is 6.49. The first kappa shape index (κ1) is 24.2. The van der Waals surface area contributed by atoms with Crippen LogP contribution < -0.4 is 0 Å². The third kappa shape index (κ3) is 5.27. The summed E-state index contributed by atoms with van der Waals surface area (Å²) in [6, 6.07) is 11.5. The van der Waals surface area contributed by atoms with Gasteiger partial charge in [0.2, 0.25) is 0 Å². The average molecular weight is 494 g/mol. The van der Waals surface area contributed by atoms with Gasteiger partial charge in [0.15, 0.2) is 5.69 Å². The number of rotatable bonds is 4. The summed E-state index contributed by atoms with van der Waals surface area (Å²) in [6.45, 7) is 6.85. The predicted molar refractivity (Wildman–Crippen MR) is 127 cm³/mol. The molecule has 180 valence electrons. The van der Waals surface area contributed by atoms with E-state index in [4.69, 9.17) is 9.47 Å². The van der Waals surface area contributed by atoms with Crippen molar-refractivity contribution in [2.45, 2.75) is 45.8 Å². The van der Waals surface area contributed by atoms with Crippen molar-refractivity contribution in [1.29, 1.82) is 0 Å². The summed E-state index contributed by atoms with van der Waals surface area (Å²) in [5.74, 6) is -2.02. The number of amides is 2. The van der Waals surface area contributed by atoms with Crippen molar-refractivity contribution in [3.05, 3.63) is 70.4 Å². The second-order valence-corrected chi connectivity index (χ2v) is 9.78. The molecule has 10 heteroatoms. The number of carbonyl (C=O) groups excluding carboxylic acids is 4. The fourth-order valence-corrected chi connectivity index (χ4v) is 4.27. The third-order valence-electron chi connectivity index (χ3n) is 5.08. The van der Waals surface area contributed by atoms with E-state index in [2.05, 4.69) is 9.97 Å². The molecule has 0 fully saturated rings. The van der Waals surface area contributed by atoms with Crippen LogP contribution >= 0.6 is 11.3 Å². The largest absolute Gasteiger partial charge is 0.443 e.